The second kappa shape index (κ2) is 9.65. The summed E-state index contributed by atoms with van der Waals surface area (Å²) in [6.07, 6.45) is 5.59. The Labute approximate surface area is 174 Å². The summed E-state index contributed by atoms with van der Waals surface area (Å²) < 4.78 is 16.6. The van der Waals surface area contributed by atoms with Crippen LogP contribution < -0.4 is 5.32 Å². The molecule has 166 valence electrons. The maximum absolute atomic E-state index is 13.1. The molecule has 3 fully saturated rings. The monoisotopic (exact) mass is 410 g/mol. The third-order valence-electron chi connectivity index (χ3n) is 6.35. The van der Waals surface area contributed by atoms with Gasteiger partial charge in [0.2, 0.25) is 5.91 Å². The molecule has 29 heavy (non-hydrogen) atoms. The van der Waals surface area contributed by atoms with E-state index >= 15 is 0 Å². The highest BCUT2D eigenvalue weighted by Crippen LogP contribution is 2.47. The predicted octanol–water partition coefficient (Wildman–Crippen LogP) is 2.97. The van der Waals surface area contributed by atoms with Crippen LogP contribution in [-0.2, 0) is 19.0 Å². The van der Waals surface area contributed by atoms with Crippen LogP contribution in [0.5, 0.6) is 0 Å². The largest absolute Gasteiger partial charge is 0.444 e. The maximum Gasteiger partial charge on any atom is 0.410 e. The molecule has 0 unspecified atom stereocenters. The lowest BCUT2D eigenvalue weighted by Crippen LogP contribution is -2.48. The van der Waals surface area contributed by atoms with Crippen LogP contribution in [0.25, 0.3) is 0 Å². The Kier molecular flexibility index (Phi) is 7.43. The second-order valence-electron chi connectivity index (χ2n) is 9.87. The molecule has 3 rings (SSSR count). The SMILES string of the molecule is CC(C)(C)OC(=O)N1C[C@@H]2CCCC[C@@]2(C(=O)NCCCOC[C@H]2CCOC2)C1. The van der Waals surface area contributed by atoms with Crippen LogP contribution in [0.1, 0.15) is 59.3 Å². The van der Waals surface area contributed by atoms with Crippen molar-refractivity contribution in [1.82, 2.24) is 10.2 Å². The van der Waals surface area contributed by atoms with Gasteiger partial charge < -0.3 is 24.4 Å². The van der Waals surface area contributed by atoms with Gasteiger partial charge in [-0.1, -0.05) is 12.8 Å². The number of amides is 2. The molecule has 0 bridgehead atoms. The highest BCUT2D eigenvalue weighted by molar-refractivity contribution is 5.85. The van der Waals surface area contributed by atoms with Gasteiger partial charge in [-0.15, -0.1) is 0 Å². The fourth-order valence-corrected chi connectivity index (χ4v) is 4.81. The van der Waals surface area contributed by atoms with Crippen LogP contribution in [0.4, 0.5) is 4.79 Å². The van der Waals surface area contributed by atoms with Gasteiger partial charge in [-0.3, -0.25) is 4.79 Å². The summed E-state index contributed by atoms with van der Waals surface area (Å²) in [5.74, 6) is 0.837. The van der Waals surface area contributed by atoms with Gasteiger partial charge in [0.25, 0.3) is 0 Å². The van der Waals surface area contributed by atoms with E-state index in [4.69, 9.17) is 14.2 Å². The van der Waals surface area contributed by atoms with Gasteiger partial charge in [-0.2, -0.15) is 0 Å². The first-order valence-electron chi connectivity index (χ1n) is 11.2. The van der Waals surface area contributed by atoms with Gasteiger partial charge in [0.05, 0.1) is 18.6 Å². The summed E-state index contributed by atoms with van der Waals surface area (Å²) in [4.78, 5) is 27.5. The Bertz CT molecular complexity index is 570. The van der Waals surface area contributed by atoms with Gasteiger partial charge in [-0.25, -0.2) is 4.79 Å². The smallest absolute Gasteiger partial charge is 0.410 e. The number of hydrogen-bond donors (Lipinski definition) is 1. The normalized spacial score (nSPS) is 29.6. The first-order valence-corrected chi connectivity index (χ1v) is 11.2. The molecular weight excluding hydrogens is 372 g/mol. The van der Waals surface area contributed by atoms with Crippen molar-refractivity contribution in [3.63, 3.8) is 0 Å². The van der Waals surface area contributed by atoms with E-state index in [-0.39, 0.29) is 17.9 Å². The van der Waals surface area contributed by atoms with Crippen molar-refractivity contribution in [2.75, 3.05) is 46.1 Å². The molecule has 1 N–H and O–H groups in total. The molecule has 2 heterocycles. The molecule has 3 aliphatic rings. The molecule has 3 atom stereocenters. The summed E-state index contributed by atoms with van der Waals surface area (Å²) in [5.41, 5.74) is -0.984. The first kappa shape index (κ1) is 22.3. The molecular formula is C22H38N2O5. The summed E-state index contributed by atoms with van der Waals surface area (Å²) in [7, 11) is 0. The molecule has 2 amide bonds. The van der Waals surface area contributed by atoms with E-state index in [0.29, 0.717) is 32.2 Å². The summed E-state index contributed by atoms with van der Waals surface area (Å²) >= 11 is 0. The van der Waals surface area contributed by atoms with Crippen molar-refractivity contribution in [3.05, 3.63) is 0 Å². The molecule has 1 saturated carbocycles. The number of fused-ring (bicyclic) bond motifs is 1. The van der Waals surface area contributed by atoms with Crippen LogP contribution in [0.2, 0.25) is 0 Å². The lowest BCUT2D eigenvalue weighted by molar-refractivity contribution is -0.134. The Balaban J connectivity index is 1.46. The van der Waals surface area contributed by atoms with Crippen molar-refractivity contribution < 1.29 is 23.8 Å². The van der Waals surface area contributed by atoms with Crippen molar-refractivity contribution >= 4 is 12.0 Å². The Morgan fingerprint density at radius 3 is 2.79 bits per heavy atom. The summed E-state index contributed by atoms with van der Waals surface area (Å²) in [6, 6.07) is 0. The van der Waals surface area contributed by atoms with E-state index in [9.17, 15) is 9.59 Å². The zero-order valence-corrected chi connectivity index (χ0v) is 18.3. The molecule has 0 aromatic rings. The standard InChI is InChI=1S/C22H38N2O5/c1-21(2,3)29-20(26)24-13-18-7-4-5-9-22(18,16-24)19(25)23-10-6-11-27-14-17-8-12-28-15-17/h17-18H,4-16H2,1-3H3,(H,23,25)/t17-,18+,22-/m1/s1. The van der Waals surface area contributed by atoms with Gasteiger partial charge in [0.15, 0.2) is 0 Å². The van der Waals surface area contributed by atoms with Crippen molar-refractivity contribution in [2.45, 2.75) is 64.9 Å². The average molecular weight is 411 g/mol. The highest BCUT2D eigenvalue weighted by Gasteiger charge is 2.54. The number of likely N-dealkylation sites (tertiary alicyclic amines) is 1. The minimum absolute atomic E-state index is 0.0949. The van der Waals surface area contributed by atoms with Crippen molar-refractivity contribution in [2.24, 2.45) is 17.3 Å². The van der Waals surface area contributed by atoms with E-state index < -0.39 is 11.0 Å². The van der Waals surface area contributed by atoms with Gasteiger partial charge in [-0.05, 0) is 52.4 Å². The fraction of sp³-hybridized carbons (Fsp3) is 0.909. The molecule has 1 aliphatic carbocycles. The Morgan fingerprint density at radius 2 is 2.07 bits per heavy atom. The average Bonchev–Trinajstić information content (AvgIpc) is 3.31. The molecule has 0 radical (unpaired) electrons. The summed E-state index contributed by atoms with van der Waals surface area (Å²) in [6.45, 7) is 10.4. The second-order valence-corrected chi connectivity index (χ2v) is 9.87. The van der Waals surface area contributed by atoms with Gasteiger partial charge in [0.1, 0.15) is 5.60 Å². The topological polar surface area (TPSA) is 77.1 Å². The molecule has 2 saturated heterocycles. The number of hydrogen-bond acceptors (Lipinski definition) is 5. The molecule has 7 heteroatoms. The quantitative estimate of drug-likeness (QED) is 0.653. The van der Waals surface area contributed by atoms with Crippen LogP contribution in [0.3, 0.4) is 0 Å². The number of nitrogens with zero attached hydrogens (tertiary/aromatic N) is 1. The van der Waals surface area contributed by atoms with Crippen LogP contribution in [-0.4, -0.2) is 68.6 Å². The van der Waals surface area contributed by atoms with E-state index in [1.807, 2.05) is 20.8 Å². The number of rotatable bonds is 7. The van der Waals surface area contributed by atoms with Crippen molar-refractivity contribution in [3.8, 4) is 0 Å². The molecule has 2 aliphatic heterocycles. The third kappa shape index (κ3) is 5.85. The molecule has 0 aromatic carbocycles. The molecule has 7 nitrogen and oxygen atoms in total. The lowest BCUT2D eigenvalue weighted by Gasteiger charge is -2.36. The van der Waals surface area contributed by atoms with Gasteiger partial charge in [0, 0.05) is 38.8 Å². The fourth-order valence-electron chi connectivity index (χ4n) is 4.81. The zero-order valence-electron chi connectivity index (χ0n) is 18.3. The number of carbonyl (C=O) groups excluding carboxylic acids is 2. The number of nitrogens with one attached hydrogen (secondary N) is 1. The molecule has 0 aromatic heterocycles. The zero-order chi connectivity index (χ0) is 20.9. The lowest BCUT2D eigenvalue weighted by atomic mass is 9.67. The molecule has 0 spiro atoms. The van der Waals surface area contributed by atoms with Crippen LogP contribution in [0.15, 0.2) is 0 Å². The Morgan fingerprint density at radius 1 is 1.24 bits per heavy atom. The third-order valence-corrected chi connectivity index (χ3v) is 6.35. The number of ether oxygens (including phenoxy) is 3. The summed E-state index contributed by atoms with van der Waals surface area (Å²) in [5, 5.41) is 3.13. The van der Waals surface area contributed by atoms with E-state index in [0.717, 1.165) is 58.3 Å². The first-order chi connectivity index (χ1) is 13.8. The van der Waals surface area contributed by atoms with E-state index in [1.54, 1.807) is 4.90 Å². The minimum atomic E-state index is -0.523. The van der Waals surface area contributed by atoms with E-state index in [2.05, 4.69) is 5.32 Å². The highest BCUT2D eigenvalue weighted by atomic mass is 16.6. The minimum Gasteiger partial charge on any atom is -0.444 e. The maximum atomic E-state index is 13.1. The number of carbonyl (C=O) groups is 2. The van der Waals surface area contributed by atoms with Crippen molar-refractivity contribution in [1.29, 1.82) is 0 Å². The van der Waals surface area contributed by atoms with Crippen LogP contribution in [0, 0.1) is 17.3 Å². The predicted molar refractivity (Wildman–Crippen MR) is 110 cm³/mol. The van der Waals surface area contributed by atoms with Crippen LogP contribution >= 0.6 is 0 Å². The Hall–Kier alpha value is -1.34. The van der Waals surface area contributed by atoms with E-state index in [1.165, 1.54) is 0 Å². The van der Waals surface area contributed by atoms with Gasteiger partial charge >= 0.3 is 6.09 Å².